The van der Waals surface area contributed by atoms with Crippen molar-refractivity contribution in [1.29, 1.82) is 0 Å². The number of carbonyl (C=O) groups is 1. The molecule has 0 aromatic carbocycles. The Labute approximate surface area is 121 Å². The quantitative estimate of drug-likeness (QED) is 0.924. The summed E-state index contributed by atoms with van der Waals surface area (Å²) in [5, 5.41) is 5.78. The first-order valence-electron chi connectivity index (χ1n) is 6.28. The molecule has 1 aliphatic rings. The lowest BCUT2D eigenvalue weighted by molar-refractivity contribution is -0.130. The maximum Gasteiger partial charge on any atom is 0.219 e. The molecule has 1 fully saturated rings. The molecule has 1 saturated heterocycles. The van der Waals surface area contributed by atoms with Crippen LogP contribution < -0.4 is 5.32 Å². The Morgan fingerprint density at radius 2 is 2.44 bits per heavy atom. The van der Waals surface area contributed by atoms with Gasteiger partial charge in [0.1, 0.15) is 0 Å². The summed E-state index contributed by atoms with van der Waals surface area (Å²) in [7, 11) is 0. The first-order valence-corrected chi connectivity index (χ1v) is 7.95. The minimum atomic E-state index is 0.196. The number of thiophene rings is 1. The first-order chi connectivity index (χ1) is 8.56. The number of amides is 1. The van der Waals surface area contributed by atoms with Crippen molar-refractivity contribution in [1.82, 2.24) is 10.2 Å². The molecule has 0 aliphatic carbocycles. The van der Waals surface area contributed by atoms with Crippen LogP contribution in [0.2, 0.25) is 0 Å². The van der Waals surface area contributed by atoms with E-state index in [4.69, 9.17) is 0 Å². The Morgan fingerprint density at radius 1 is 1.67 bits per heavy atom. The number of carbonyl (C=O) groups excluding carboxylic acids is 1. The first kappa shape index (κ1) is 14.0. The highest BCUT2D eigenvalue weighted by Crippen LogP contribution is 2.22. The highest BCUT2D eigenvalue weighted by molar-refractivity contribution is 9.11. The predicted octanol–water partition coefficient (Wildman–Crippen LogP) is 2.86. The fraction of sp³-hybridized carbons (Fsp3) is 0.615. The topological polar surface area (TPSA) is 32.3 Å². The molecule has 18 heavy (non-hydrogen) atoms. The molecule has 1 amide bonds. The Hall–Kier alpha value is -0.390. The molecule has 1 N–H and O–H groups in total. The van der Waals surface area contributed by atoms with Gasteiger partial charge in [-0.15, -0.1) is 11.3 Å². The SMILES string of the molecule is CC(=O)N1CC[C@@H](NCc2csc(Br)c2)[C@H](C)C1. The maximum atomic E-state index is 11.3. The van der Waals surface area contributed by atoms with E-state index in [1.807, 2.05) is 4.90 Å². The largest absolute Gasteiger partial charge is 0.343 e. The van der Waals surface area contributed by atoms with Crippen molar-refractivity contribution in [3.05, 3.63) is 20.8 Å². The molecule has 0 spiro atoms. The van der Waals surface area contributed by atoms with Gasteiger partial charge in [-0.2, -0.15) is 0 Å². The Bertz CT molecular complexity index is 421. The molecule has 2 atom stereocenters. The monoisotopic (exact) mass is 330 g/mol. The van der Waals surface area contributed by atoms with E-state index in [0.717, 1.165) is 26.1 Å². The van der Waals surface area contributed by atoms with E-state index in [2.05, 4.69) is 39.6 Å². The third-order valence-electron chi connectivity index (χ3n) is 3.54. The second-order valence-corrected chi connectivity index (χ2v) is 7.27. The van der Waals surface area contributed by atoms with Gasteiger partial charge in [0.15, 0.2) is 0 Å². The van der Waals surface area contributed by atoms with Crippen LogP contribution in [0.15, 0.2) is 15.2 Å². The molecular formula is C13H19BrN2OS. The van der Waals surface area contributed by atoms with Crippen molar-refractivity contribution in [2.75, 3.05) is 13.1 Å². The molecule has 5 heteroatoms. The number of hydrogen-bond donors (Lipinski definition) is 1. The average Bonchev–Trinajstić information content (AvgIpc) is 2.73. The average molecular weight is 331 g/mol. The number of rotatable bonds is 3. The molecule has 3 nitrogen and oxygen atoms in total. The zero-order chi connectivity index (χ0) is 13.1. The number of likely N-dealkylation sites (tertiary alicyclic amines) is 1. The van der Waals surface area contributed by atoms with Crippen molar-refractivity contribution in [3.8, 4) is 0 Å². The third-order valence-corrected chi connectivity index (χ3v) is 5.09. The lowest BCUT2D eigenvalue weighted by Crippen LogP contribution is -2.49. The summed E-state index contributed by atoms with van der Waals surface area (Å²) in [5.74, 6) is 0.715. The van der Waals surface area contributed by atoms with Gasteiger partial charge in [-0.1, -0.05) is 6.92 Å². The summed E-state index contributed by atoms with van der Waals surface area (Å²) in [5.41, 5.74) is 1.33. The molecule has 0 bridgehead atoms. The Balaban J connectivity index is 1.82. The highest BCUT2D eigenvalue weighted by atomic mass is 79.9. The molecule has 100 valence electrons. The van der Waals surface area contributed by atoms with E-state index in [1.54, 1.807) is 18.3 Å². The van der Waals surface area contributed by atoms with Gasteiger partial charge in [0.25, 0.3) is 0 Å². The number of nitrogens with one attached hydrogen (secondary N) is 1. The van der Waals surface area contributed by atoms with Crippen LogP contribution in [0, 0.1) is 5.92 Å². The van der Waals surface area contributed by atoms with Gasteiger partial charge in [0.2, 0.25) is 5.91 Å². The second kappa shape index (κ2) is 6.17. The minimum absolute atomic E-state index is 0.196. The van der Waals surface area contributed by atoms with Crippen LogP contribution in [0.25, 0.3) is 0 Å². The summed E-state index contributed by atoms with van der Waals surface area (Å²) >= 11 is 5.20. The Morgan fingerprint density at radius 3 is 3.00 bits per heavy atom. The summed E-state index contributed by atoms with van der Waals surface area (Å²) in [6, 6.07) is 2.67. The van der Waals surface area contributed by atoms with Gasteiger partial charge in [-0.3, -0.25) is 4.79 Å². The highest BCUT2D eigenvalue weighted by Gasteiger charge is 2.26. The van der Waals surface area contributed by atoms with Crippen LogP contribution in [0.1, 0.15) is 25.8 Å². The maximum absolute atomic E-state index is 11.3. The van der Waals surface area contributed by atoms with Crippen molar-refractivity contribution < 1.29 is 4.79 Å². The van der Waals surface area contributed by atoms with Crippen LogP contribution in [-0.2, 0) is 11.3 Å². The van der Waals surface area contributed by atoms with E-state index in [-0.39, 0.29) is 5.91 Å². The summed E-state index contributed by atoms with van der Waals surface area (Å²) in [6.45, 7) is 6.54. The molecule has 0 radical (unpaired) electrons. The van der Waals surface area contributed by atoms with E-state index < -0.39 is 0 Å². The van der Waals surface area contributed by atoms with Gasteiger partial charge in [-0.25, -0.2) is 0 Å². The van der Waals surface area contributed by atoms with Gasteiger partial charge >= 0.3 is 0 Å². The lowest BCUT2D eigenvalue weighted by atomic mass is 9.93. The standard InChI is InChI=1S/C13H19BrN2OS/c1-9-7-16(10(2)17)4-3-12(9)15-6-11-5-13(14)18-8-11/h5,8-9,12,15H,3-4,6-7H2,1-2H3/t9-,12-/m1/s1. The van der Waals surface area contributed by atoms with Gasteiger partial charge < -0.3 is 10.2 Å². The van der Waals surface area contributed by atoms with E-state index >= 15 is 0 Å². The van der Waals surface area contributed by atoms with Crippen LogP contribution in [0.4, 0.5) is 0 Å². The number of halogens is 1. The van der Waals surface area contributed by atoms with Gasteiger partial charge in [0, 0.05) is 32.6 Å². The number of hydrogen-bond acceptors (Lipinski definition) is 3. The van der Waals surface area contributed by atoms with E-state index in [9.17, 15) is 4.79 Å². The van der Waals surface area contributed by atoms with Crippen molar-refractivity contribution in [2.24, 2.45) is 5.92 Å². The number of nitrogens with zero attached hydrogens (tertiary/aromatic N) is 1. The smallest absolute Gasteiger partial charge is 0.219 e. The third kappa shape index (κ3) is 3.56. The molecule has 0 saturated carbocycles. The van der Waals surface area contributed by atoms with Crippen LogP contribution in [0.3, 0.4) is 0 Å². The van der Waals surface area contributed by atoms with Gasteiger partial charge in [-0.05, 0) is 45.3 Å². The zero-order valence-electron chi connectivity index (χ0n) is 10.8. The summed E-state index contributed by atoms with van der Waals surface area (Å²) in [4.78, 5) is 13.3. The Kier molecular flexibility index (Phi) is 4.81. The van der Waals surface area contributed by atoms with Crippen molar-refractivity contribution >= 4 is 33.2 Å². The van der Waals surface area contributed by atoms with Gasteiger partial charge in [0.05, 0.1) is 3.79 Å². The molecule has 2 rings (SSSR count). The van der Waals surface area contributed by atoms with E-state index in [0.29, 0.717) is 12.0 Å². The van der Waals surface area contributed by atoms with Crippen molar-refractivity contribution in [3.63, 3.8) is 0 Å². The fourth-order valence-corrected chi connectivity index (χ4v) is 3.63. The normalized spacial score (nSPS) is 24.3. The predicted molar refractivity (Wildman–Crippen MR) is 78.7 cm³/mol. The van der Waals surface area contributed by atoms with Crippen LogP contribution >= 0.6 is 27.3 Å². The van der Waals surface area contributed by atoms with Crippen LogP contribution in [0.5, 0.6) is 0 Å². The lowest BCUT2D eigenvalue weighted by Gasteiger charge is -2.37. The summed E-state index contributed by atoms with van der Waals surface area (Å²) < 4.78 is 1.18. The molecule has 1 aromatic heterocycles. The van der Waals surface area contributed by atoms with Crippen molar-refractivity contribution in [2.45, 2.75) is 32.9 Å². The molecule has 2 heterocycles. The number of piperidine rings is 1. The summed E-state index contributed by atoms with van der Waals surface area (Å²) in [6.07, 6.45) is 1.05. The second-order valence-electron chi connectivity index (χ2n) is 4.98. The van der Waals surface area contributed by atoms with Crippen LogP contribution in [-0.4, -0.2) is 29.9 Å². The molecule has 1 aromatic rings. The molecular weight excluding hydrogens is 312 g/mol. The zero-order valence-corrected chi connectivity index (χ0v) is 13.2. The van der Waals surface area contributed by atoms with E-state index in [1.165, 1.54) is 9.35 Å². The fourth-order valence-electron chi connectivity index (χ4n) is 2.42. The minimum Gasteiger partial charge on any atom is -0.343 e. The molecule has 1 aliphatic heterocycles. The molecule has 0 unspecified atom stereocenters.